The highest BCUT2D eigenvalue weighted by molar-refractivity contribution is 6.29. The third-order valence-electron chi connectivity index (χ3n) is 2.87. The van der Waals surface area contributed by atoms with E-state index in [1.165, 1.54) is 12.1 Å². The van der Waals surface area contributed by atoms with E-state index in [0.29, 0.717) is 6.61 Å². The number of aromatic nitrogens is 2. The zero-order chi connectivity index (χ0) is 13.2. The van der Waals surface area contributed by atoms with Crippen LogP contribution in [0.25, 0.3) is 0 Å². The Morgan fingerprint density at radius 1 is 1.26 bits per heavy atom. The summed E-state index contributed by atoms with van der Waals surface area (Å²) in [6.45, 7) is 0.423. The molecule has 6 heteroatoms. The second-order valence-electron chi connectivity index (χ2n) is 4.12. The fraction of sp³-hybridized carbons (Fsp3) is 0.154. The Balaban J connectivity index is 1.76. The first-order chi connectivity index (χ1) is 9.24. The maximum absolute atomic E-state index is 12.0. The maximum Gasteiger partial charge on any atom is 0.272 e. The highest BCUT2D eigenvalue weighted by Gasteiger charge is 2.25. The molecule has 0 bridgehead atoms. The number of ether oxygens (including phenoxy) is 1. The van der Waals surface area contributed by atoms with Gasteiger partial charge in [-0.1, -0.05) is 29.8 Å². The quantitative estimate of drug-likeness (QED) is 0.910. The van der Waals surface area contributed by atoms with Gasteiger partial charge in [0.05, 0.1) is 6.04 Å². The number of nitrogens with zero attached hydrogens (tertiary/aromatic N) is 2. The largest absolute Gasteiger partial charge is 0.491 e. The molecule has 0 fully saturated rings. The van der Waals surface area contributed by atoms with E-state index in [0.717, 1.165) is 11.3 Å². The van der Waals surface area contributed by atoms with Gasteiger partial charge in [-0.05, 0) is 18.2 Å². The standard InChI is InChI=1S/C13H10ClN3O2/c14-12-6-5-9(16-17-12)13(18)15-10-7-19-11-4-2-1-3-8(10)11/h1-6,10H,7H2,(H,15,18). The molecule has 1 aliphatic rings. The molecule has 3 rings (SSSR count). The van der Waals surface area contributed by atoms with Crippen LogP contribution in [0.3, 0.4) is 0 Å². The van der Waals surface area contributed by atoms with Crippen LogP contribution in [0.15, 0.2) is 36.4 Å². The van der Waals surface area contributed by atoms with Gasteiger partial charge in [0, 0.05) is 5.56 Å². The number of hydrogen-bond donors (Lipinski definition) is 1. The molecule has 1 aromatic heterocycles. The lowest BCUT2D eigenvalue weighted by Gasteiger charge is -2.10. The topological polar surface area (TPSA) is 64.1 Å². The first-order valence-electron chi connectivity index (χ1n) is 5.76. The van der Waals surface area contributed by atoms with Gasteiger partial charge in [-0.2, -0.15) is 0 Å². The van der Waals surface area contributed by atoms with E-state index in [2.05, 4.69) is 15.5 Å². The van der Waals surface area contributed by atoms with Crippen molar-refractivity contribution < 1.29 is 9.53 Å². The van der Waals surface area contributed by atoms with Gasteiger partial charge in [0.2, 0.25) is 0 Å². The van der Waals surface area contributed by atoms with Crippen LogP contribution in [0.1, 0.15) is 22.1 Å². The van der Waals surface area contributed by atoms with Crippen molar-refractivity contribution in [3.8, 4) is 5.75 Å². The van der Waals surface area contributed by atoms with Crippen molar-refractivity contribution in [3.05, 3.63) is 52.8 Å². The molecule has 2 aromatic rings. The highest BCUT2D eigenvalue weighted by Crippen LogP contribution is 2.31. The van der Waals surface area contributed by atoms with Crippen LogP contribution in [0.2, 0.25) is 5.15 Å². The summed E-state index contributed by atoms with van der Waals surface area (Å²) in [4.78, 5) is 12.0. The number of benzene rings is 1. The van der Waals surface area contributed by atoms with Gasteiger partial charge in [0.15, 0.2) is 10.8 Å². The first-order valence-corrected chi connectivity index (χ1v) is 6.13. The van der Waals surface area contributed by atoms with Gasteiger partial charge >= 0.3 is 0 Å². The number of carbonyl (C=O) groups excluding carboxylic acids is 1. The predicted molar refractivity (Wildman–Crippen MR) is 69.2 cm³/mol. The van der Waals surface area contributed by atoms with Gasteiger partial charge < -0.3 is 10.1 Å². The van der Waals surface area contributed by atoms with Crippen LogP contribution in [0.4, 0.5) is 0 Å². The van der Waals surface area contributed by atoms with Gasteiger partial charge in [0.1, 0.15) is 12.4 Å². The molecule has 96 valence electrons. The minimum atomic E-state index is -0.297. The number of para-hydroxylation sites is 1. The van der Waals surface area contributed by atoms with E-state index in [1.54, 1.807) is 0 Å². The second-order valence-corrected chi connectivity index (χ2v) is 4.50. The number of nitrogens with one attached hydrogen (secondary N) is 1. The zero-order valence-corrected chi connectivity index (χ0v) is 10.6. The molecule has 0 spiro atoms. The summed E-state index contributed by atoms with van der Waals surface area (Å²) in [5.74, 6) is 0.504. The molecule has 5 nitrogen and oxygen atoms in total. The predicted octanol–water partition coefficient (Wildman–Crippen LogP) is 1.99. The van der Waals surface area contributed by atoms with E-state index < -0.39 is 0 Å². The van der Waals surface area contributed by atoms with Crippen LogP contribution in [-0.4, -0.2) is 22.7 Å². The lowest BCUT2D eigenvalue weighted by atomic mass is 10.1. The minimum Gasteiger partial charge on any atom is -0.491 e. The molecule has 0 aliphatic carbocycles. The molecule has 1 aliphatic heterocycles. The Kier molecular flexibility index (Phi) is 3.05. The Morgan fingerprint density at radius 2 is 2.11 bits per heavy atom. The van der Waals surface area contributed by atoms with Gasteiger partial charge in [-0.3, -0.25) is 4.79 Å². The first kappa shape index (κ1) is 11.9. The molecule has 0 saturated heterocycles. The van der Waals surface area contributed by atoms with Crippen molar-refractivity contribution in [2.24, 2.45) is 0 Å². The molecule has 1 unspecified atom stereocenters. The average Bonchev–Trinajstić information content (AvgIpc) is 2.83. The number of amides is 1. The molecule has 1 amide bonds. The molecule has 1 aromatic carbocycles. The molecule has 1 N–H and O–H groups in total. The Labute approximate surface area is 114 Å². The van der Waals surface area contributed by atoms with Crippen molar-refractivity contribution in [2.75, 3.05) is 6.61 Å². The maximum atomic E-state index is 12.0. The number of hydrogen-bond acceptors (Lipinski definition) is 4. The van der Waals surface area contributed by atoms with E-state index in [9.17, 15) is 4.79 Å². The van der Waals surface area contributed by atoms with E-state index in [1.807, 2.05) is 24.3 Å². The summed E-state index contributed by atoms with van der Waals surface area (Å²) in [6, 6.07) is 10.5. The second kappa shape index (κ2) is 4.85. The molecule has 2 heterocycles. The monoisotopic (exact) mass is 275 g/mol. The zero-order valence-electron chi connectivity index (χ0n) is 9.84. The molecule has 19 heavy (non-hydrogen) atoms. The lowest BCUT2D eigenvalue weighted by molar-refractivity contribution is 0.0924. The van der Waals surface area contributed by atoms with E-state index in [4.69, 9.17) is 16.3 Å². The minimum absolute atomic E-state index is 0.166. The summed E-state index contributed by atoms with van der Waals surface area (Å²) in [5.41, 5.74) is 1.20. The van der Waals surface area contributed by atoms with Crippen molar-refractivity contribution in [3.63, 3.8) is 0 Å². The van der Waals surface area contributed by atoms with Crippen LogP contribution in [0.5, 0.6) is 5.75 Å². The Hall–Kier alpha value is -2.14. The Bertz CT molecular complexity index is 616. The number of carbonyl (C=O) groups is 1. The van der Waals surface area contributed by atoms with Crippen molar-refractivity contribution in [2.45, 2.75) is 6.04 Å². The van der Waals surface area contributed by atoms with Crippen LogP contribution < -0.4 is 10.1 Å². The van der Waals surface area contributed by atoms with Crippen molar-refractivity contribution in [1.29, 1.82) is 0 Å². The summed E-state index contributed by atoms with van der Waals surface area (Å²) in [7, 11) is 0. The molecule has 1 atom stereocenters. The lowest BCUT2D eigenvalue weighted by Crippen LogP contribution is -2.30. The van der Waals surface area contributed by atoms with Gasteiger partial charge in [0.25, 0.3) is 5.91 Å². The van der Waals surface area contributed by atoms with Crippen LogP contribution in [-0.2, 0) is 0 Å². The summed E-state index contributed by atoms with van der Waals surface area (Å²) < 4.78 is 5.50. The third-order valence-corrected chi connectivity index (χ3v) is 3.07. The van der Waals surface area contributed by atoms with Crippen LogP contribution in [0, 0.1) is 0 Å². The fourth-order valence-corrected chi connectivity index (χ4v) is 2.05. The molecular weight excluding hydrogens is 266 g/mol. The summed E-state index contributed by atoms with van der Waals surface area (Å²) in [6.07, 6.45) is 0. The normalized spacial score (nSPS) is 16.6. The van der Waals surface area contributed by atoms with Gasteiger partial charge in [-0.15, -0.1) is 10.2 Å². The van der Waals surface area contributed by atoms with Crippen molar-refractivity contribution in [1.82, 2.24) is 15.5 Å². The van der Waals surface area contributed by atoms with E-state index in [-0.39, 0.29) is 22.8 Å². The molecule has 0 saturated carbocycles. The SMILES string of the molecule is O=C(NC1COc2ccccc21)c1ccc(Cl)nn1. The smallest absolute Gasteiger partial charge is 0.272 e. The summed E-state index contributed by atoms with van der Waals surface area (Å²) >= 11 is 5.63. The number of halogens is 1. The fourth-order valence-electron chi connectivity index (χ4n) is 1.95. The number of fused-ring (bicyclic) bond motifs is 1. The van der Waals surface area contributed by atoms with E-state index >= 15 is 0 Å². The van der Waals surface area contributed by atoms with Crippen LogP contribution >= 0.6 is 11.6 Å². The molecule has 0 radical (unpaired) electrons. The third kappa shape index (κ3) is 2.37. The molecular formula is C13H10ClN3O2. The van der Waals surface area contributed by atoms with Gasteiger partial charge in [-0.25, -0.2) is 0 Å². The average molecular weight is 276 g/mol. The van der Waals surface area contributed by atoms with Crippen molar-refractivity contribution >= 4 is 17.5 Å². The highest BCUT2D eigenvalue weighted by atomic mass is 35.5. The Morgan fingerprint density at radius 3 is 2.89 bits per heavy atom. The number of rotatable bonds is 2. The summed E-state index contributed by atoms with van der Waals surface area (Å²) in [5, 5.41) is 10.5.